The zero-order valence-electron chi connectivity index (χ0n) is 18.6. The molecule has 2 amide bonds. The Labute approximate surface area is 191 Å². The fourth-order valence-electron chi connectivity index (χ4n) is 3.57. The second kappa shape index (κ2) is 9.68. The maximum atomic E-state index is 12.4. The molecule has 8 heteroatoms. The average molecular weight is 447 g/mol. The van der Waals surface area contributed by atoms with Crippen LogP contribution in [-0.4, -0.2) is 40.7 Å². The Kier molecular flexibility index (Phi) is 6.53. The predicted molar refractivity (Wildman–Crippen MR) is 123 cm³/mol. The zero-order chi connectivity index (χ0) is 23.4. The van der Waals surface area contributed by atoms with E-state index in [9.17, 15) is 14.4 Å². The quantitative estimate of drug-likeness (QED) is 0.517. The molecule has 1 aromatic heterocycles. The van der Waals surface area contributed by atoms with E-state index in [2.05, 4.69) is 15.7 Å². The monoisotopic (exact) mass is 446 g/mol. The van der Waals surface area contributed by atoms with E-state index in [4.69, 9.17) is 4.74 Å². The molecule has 3 aromatic rings. The van der Waals surface area contributed by atoms with Gasteiger partial charge in [0.1, 0.15) is 12.4 Å². The summed E-state index contributed by atoms with van der Waals surface area (Å²) in [6, 6.07) is 16.8. The molecule has 0 spiro atoms. The summed E-state index contributed by atoms with van der Waals surface area (Å²) >= 11 is 0. The van der Waals surface area contributed by atoms with E-state index in [0.717, 1.165) is 35.3 Å². The Balaban J connectivity index is 1.30. The number of amides is 2. The number of ether oxygens (including phenoxy) is 1. The van der Waals surface area contributed by atoms with Crippen LogP contribution >= 0.6 is 0 Å². The van der Waals surface area contributed by atoms with Gasteiger partial charge >= 0.3 is 5.97 Å². The second-order valence-electron chi connectivity index (χ2n) is 8.24. The maximum absolute atomic E-state index is 12.4. The van der Waals surface area contributed by atoms with Gasteiger partial charge in [-0.1, -0.05) is 35.4 Å². The average Bonchev–Trinajstić information content (AvgIpc) is 3.56. The van der Waals surface area contributed by atoms with Gasteiger partial charge in [0.15, 0.2) is 6.61 Å². The molecule has 0 saturated heterocycles. The highest BCUT2D eigenvalue weighted by atomic mass is 16.5. The van der Waals surface area contributed by atoms with Gasteiger partial charge in [-0.05, 0) is 51.0 Å². The molecule has 4 rings (SSSR count). The largest absolute Gasteiger partial charge is 0.454 e. The van der Waals surface area contributed by atoms with Crippen LogP contribution in [0.1, 0.15) is 45.9 Å². The van der Waals surface area contributed by atoms with E-state index in [1.54, 1.807) is 16.8 Å². The van der Waals surface area contributed by atoms with Gasteiger partial charge in [0, 0.05) is 17.5 Å². The number of anilines is 1. The van der Waals surface area contributed by atoms with Crippen molar-refractivity contribution >= 4 is 23.6 Å². The third kappa shape index (κ3) is 5.85. The molecule has 0 unspecified atom stereocenters. The molecule has 0 atom stereocenters. The Morgan fingerprint density at radius 2 is 1.73 bits per heavy atom. The van der Waals surface area contributed by atoms with E-state index < -0.39 is 18.5 Å². The highest BCUT2D eigenvalue weighted by Crippen LogP contribution is 2.40. The standard InChI is InChI=1S/C25H26N4O4/c1-16-10-17(2)12-19(11-16)25(32)26-14-24(31)33-15-23(30)27-22-13-21(18-8-9-18)28-29(22)20-6-4-3-5-7-20/h3-7,10-13,18H,8-9,14-15H2,1-2H3,(H,26,32)(H,27,30). The number of carbonyl (C=O) groups excluding carboxylic acids is 3. The van der Waals surface area contributed by atoms with E-state index in [1.165, 1.54) is 0 Å². The number of aryl methyl sites for hydroxylation is 2. The molecule has 1 aliphatic rings. The van der Waals surface area contributed by atoms with Crippen molar-refractivity contribution in [3.8, 4) is 5.69 Å². The molecular formula is C25H26N4O4. The van der Waals surface area contributed by atoms with Crippen molar-refractivity contribution in [1.29, 1.82) is 0 Å². The van der Waals surface area contributed by atoms with Crippen molar-refractivity contribution < 1.29 is 19.1 Å². The van der Waals surface area contributed by atoms with Gasteiger partial charge in [-0.15, -0.1) is 0 Å². The molecule has 1 heterocycles. The number of nitrogens with zero attached hydrogens (tertiary/aromatic N) is 2. The van der Waals surface area contributed by atoms with Crippen molar-refractivity contribution in [2.24, 2.45) is 0 Å². The molecule has 1 saturated carbocycles. The Morgan fingerprint density at radius 1 is 1.03 bits per heavy atom. The topological polar surface area (TPSA) is 102 Å². The van der Waals surface area contributed by atoms with Crippen LogP contribution < -0.4 is 10.6 Å². The first-order valence-corrected chi connectivity index (χ1v) is 10.9. The number of hydrogen-bond acceptors (Lipinski definition) is 5. The van der Waals surface area contributed by atoms with Gasteiger partial charge in [0.05, 0.1) is 11.4 Å². The first-order chi connectivity index (χ1) is 15.9. The van der Waals surface area contributed by atoms with Gasteiger partial charge < -0.3 is 15.4 Å². The minimum Gasteiger partial charge on any atom is -0.454 e. The third-order valence-electron chi connectivity index (χ3n) is 5.23. The lowest BCUT2D eigenvalue weighted by atomic mass is 10.1. The molecule has 2 aromatic carbocycles. The Bertz CT molecular complexity index is 1160. The highest BCUT2D eigenvalue weighted by Gasteiger charge is 2.28. The van der Waals surface area contributed by atoms with Gasteiger partial charge in [0.2, 0.25) is 0 Å². The summed E-state index contributed by atoms with van der Waals surface area (Å²) in [6.45, 7) is 3.01. The van der Waals surface area contributed by atoms with Crippen LogP contribution in [-0.2, 0) is 14.3 Å². The van der Waals surface area contributed by atoms with Crippen LogP contribution in [0.4, 0.5) is 5.82 Å². The molecule has 1 fully saturated rings. The normalized spacial score (nSPS) is 12.8. The van der Waals surface area contributed by atoms with Crippen LogP contribution in [0.25, 0.3) is 5.69 Å². The van der Waals surface area contributed by atoms with Crippen molar-refractivity contribution in [2.75, 3.05) is 18.5 Å². The second-order valence-corrected chi connectivity index (χ2v) is 8.24. The highest BCUT2D eigenvalue weighted by molar-refractivity contribution is 5.97. The lowest BCUT2D eigenvalue weighted by Gasteiger charge is -2.10. The molecule has 33 heavy (non-hydrogen) atoms. The van der Waals surface area contributed by atoms with Crippen molar-refractivity contribution in [1.82, 2.24) is 15.1 Å². The molecule has 8 nitrogen and oxygen atoms in total. The number of hydrogen-bond donors (Lipinski definition) is 2. The fraction of sp³-hybridized carbons (Fsp3) is 0.280. The number of nitrogens with one attached hydrogen (secondary N) is 2. The third-order valence-corrected chi connectivity index (χ3v) is 5.23. The van der Waals surface area contributed by atoms with E-state index in [0.29, 0.717) is 17.3 Å². The summed E-state index contributed by atoms with van der Waals surface area (Å²) in [4.78, 5) is 36.7. The summed E-state index contributed by atoms with van der Waals surface area (Å²) in [5.74, 6) is -0.611. The van der Waals surface area contributed by atoms with E-state index in [1.807, 2.05) is 56.3 Å². The molecule has 2 N–H and O–H groups in total. The lowest BCUT2D eigenvalue weighted by molar-refractivity contribution is -0.146. The number of para-hydroxylation sites is 1. The Hall–Kier alpha value is -3.94. The van der Waals surface area contributed by atoms with Gasteiger partial charge in [-0.3, -0.25) is 14.4 Å². The number of esters is 1. The van der Waals surface area contributed by atoms with Crippen LogP contribution in [0.2, 0.25) is 0 Å². The van der Waals surface area contributed by atoms with Crippen molar-refractivity contribution in [3.63, 3.8) is 0 Å². The minimum atomic E-state index is -0.696. The molecule has 1 aliphatic carbocycles. The van der Waals surface area contributed by atoms with Crippen molar-refractivity contribution in [2.45, 2.75) is 32.6 Å². The molecule has 0 bridgehead atoms. The predicted octanol–water partition coefficient (Wildman–Crippen LogP) is 3.28. The van der Waals surface area contributed by atoms with Crippen molar-refractivity contribution in [3.05, 3.63) is 77.0 Å². The SMILES string of the molecule is Cc1cc(C)cc(C(=O)NCC(=O)OCC(=O)Nc2cc(C3CC3)nn2-c2ccccc2)c1. The smallest absolute Gasteiger partial charge is 0.325 e. The Morgan fingerprint density at radius 3 is 2.39 bits per heavy atom. The lowest BCUT2D eigenvalue weighted by Crippen LogP contribution is -2.32. The van der Waals surface area contributed by atoms with Gasteiger partial charge in [-0.25, -0.2) is 4.68 Å². The number of benzene rings is 2. The number of carbonyl (C=O) groups is 3. The van der Waals surface area contributed by atoms with Gasteiger partial charge in [-0.2, -0.15) is 5.10 Å². The number of aromatic nitrogens is 2. The van der Waals surface area contributed by atoms with E-state index >= 15 is 0 Å². The van der Waals surface area contributed by atoms with Crippen LogP contribution in [0.5, 0.6) is 0 Å². The summed E-state index contributed by atoms with van der Waals surface area (Å²) in [5.41, 5.74) is 4.14. The van der Waals surface area contributed by atoms with Gasteiger partial charge in [0.25, 0.3) is 11.8 Å². The van der Waals surface area contributed by atoms with E-state index in [-0.39, 0.29) is 12.5 Å². The van der Waals surface area contributed by atoms with Crippen LogP contribution in [0.3, 0.4) is 0 Å². The maximum Gasteiger partial charge on any atom is 0.325 e. The van der Waals surface area contributed by atoms with Crippen LogP contribution in [0, 0.1) is 13.8 Å². The summed E-state index contributed by atoms with van der Waals surface area (Å²) < 4.78 is 6.70. The number of rotatable bonds is 8. The molecule has 0 radical (unpaired) electrons. The molecule has 0 aliphatic heterocycles. The summed E-state index contributed by atoms with van der Waals surface area (Å²) in [5, 5.41) is 9.92. The molecule has 170 valence electrons. The van der Waals surface area contributed by atoms with Crippen LogP contribution in [0.15, 0.2) is 54.6 Å². The molecular weight excluding hydrogens is 420 g/mol. The summed E-state index contributed by atoms with van der Waals surface area (Å²) in [6.07, 6.45) is 2.18. The first-order valence-electron chi connectivity index (χ1n) is 10.9. The summed E-state index contributed by atoms with van der Waals surface area (Å²) in [7, 11) is 0. The first kappa shape index (κ1) is 22.3. The zero-order valence-corrected chi connectivity index (χ0v) is 18.6. The fourth-order valence-corrected chi connectivity index (χ4v) is 3.57. The minimum absolute atomic E-state index is 0.327.